The van der Waals surface area contributed by atoms with Gasteiger partial charge in [-0.1, -0.05) is 48.0 Å². The third-order valence-electron chi connectivity index (χ3n) is 4.25. The van der Waals surface area contributed by atoms with Gasteiger partial charge in [0.1, 0.15) is 6.61 Å². The van der Waals surface area contributed by atoms with Crippen molar-refractivity contribution in [2.75, 3.05) is 13.7 Å². The summed E-state index contributed by atoms with van der Waals surface area (Å²) in [6.45, 7) is 1.33. The van der Waals surface area contributed by atoms with E-state index in [1.165, 1.54) is 0 Å². The average molecular weight is 434 g/mol. The van der Waals surface area contributed by atoms with E-state index < -0.39 is 6.10 Å². The van der Waals surface area contributed by atoms with Gasteiger partial charge >= 0.3 is 0 Å². The first kappa shape index (κ1) is 23.0. The van der Waals surface area contributed by atoms with Gasteiger partial charge in [0.2, 0.25) is 0 Å². The predicted octanol–water partition coefficient (Wildman–Crippen LogP) is 1.15. The first-order valence-electron chi connectivity index (χ1n) is 8.99. The van der Waals surface area contributed by atoms with Crippen LogP contribution in [0.1, 0.15) is 22.8 Å². The van der Waals surface area contributed by atoms with Gasteiger partial charge < -0.3 is 32.3 Å². The van der Waals surface area contributed by atoms with Crippen molar-refractivity contribution >= 4 is 11.6 Å². The van der Waals surface area contributed by atoms with Gasteiger partial charge in [-0.2, -0.15) is 0 Å². The van der Waals surface area contributed by atoms with Crippen LogP contribution in [0.3, 0.4) is 0 Å². The Hall–Kier alpha value is -2.31. The largest absolute Gasteiger partial charge is 1.00 e. The van der Waals surface area contributed by atoms with Gasteiger partial charge in [-0.15, -0.1) is 0 Å². The normalized spacial score (nSPS) is 11.4. The van der Waals surface area contributed by atoms with E-state index in [2.05, 4.69) is 10.3 Å². The Labute approximate surface area is 182 Å². The molecule has 1 aromatic heterocycles. The predicted molar refractivity (Wildman–Crippen MR) is 110 cm³/mol. The average Bonchev–Trinajstić information content (AvgIpc) is 2.74. The zero-order chi connectivity index (χ0) is 19.8. The highest BCUT2D eigenvalue weighted by Gasteiger charge is 2.13. The van der Waals surface area contributed by atoms with Crippen LogP contribution < -0.4 is 27.2 Å². The van der Waals surface area contributed by atoms with Crippen LogP contribution in [0.15, 0.2) is 67.0 Å². The highest BCUT2D eigenvalue weighted by molar-refractivity contribution is 6.32. The number of hydrogen-bond acceptors (Lipinski definition) is 5. The molecule has 0 amide bonds. The second-order valence-corrected chi connectivity index (χ2v) is 6.72. The summed E-state index contributed by atoms with van der Waals surface area (Å²) in [5.74, 6) is 1.07. The fraction of sp³-hybridized carbons (Fsp3) is 0.227. The Kier molecular flexibility index (Phi) is 9.22. The number of nitrogens with one attached hydrogen (secondary N) is 1. The van der Waals surface area contributed by atoms with Crippen LogP contribution in [0.4, 0.5) is 0 Å². The van der Waals surface area contributed by atoms with Crippen molar-refractivity contribution in [3.63, 3.8) is 0 Å². The van der Waals surface area contributed by atoms with E-state index >= 15 is 0 Å². The van der Waals surface area contributed by atoms with Crippen LogP contribution >= 0.6 is 11.6 Å². The van der Waals surface area contributed by atoms with E-state index in [0.29, 0.717) is 36.2 Å². The second kappa shape index (κ2) is 11.6. The van der Waals surface area contributed by atoms with Crippen LogP contribution in [-0.2, 0) is 13.2 Å². The number of methoxy groups -OCH3 is 1. The molecule has 1 unspecified atom stereocenters. The molecule has 29 heavy (non-hydrogen) atoms. The molecular formula is C22H23Cl2N2O3-. The highest BCUT2D eigenvalue weighted by Crippen LogP contribution is 2.37. The Morgan fingerprint density at radius 1 is 1.10 bits per heavy atom. The lowest BCUT2D eigenvalue weighted by atomic mass is 10.1. The first-order valence-corrected chi connectivity index (χ1v) is 9.37. The van der Waals surface area contributed by atoms with Crippen LogP contribution in [-0.4, -0.2) is 23.7 Å². The monoisotopic (exact) mass is 433 g/mol. The first-order chi connectivity index (χ1) is 13.7. The van der Waals surface area contributed by atoms with Crippen LogP contribution in [0.5, 0.6) is 11.5 Å². The smallest absolute Gasteiger partial charge is 0.180 e. The van der Waals surface area contributed by atoms with E-state index in [-0.39, 0.29) is 12.4 Å². The van der Waals surface area contributed by atoms with E-state index in [1.807, 2.05) is 54.6 Å². The van der Waals surface area contributed by atoms with Crippen molar-refractivity contribution in [1.82, 2.24) is 10.3 Å². The zero-order valence-corrected chi connectivity index (χ0v) is 17.5. The van der Waals surface area contributed by atoms with Gasteiger partial charge in [-0.05, 0) is 29.3 Å². The topological polar surface area (TPSA) is 63.6 Å². The summed E-state index contributed by atoms with van der Waals surface area (Å²) in [5.41, 5.74) is 2.77. The minimum absolute atomic E-state index is 0. The van der Waals surface area contributed by atoms with Crippen molar-refractivity contribution in [3.05, 3.63) is 88.7 Å². The lowest BCUT2D eigenvalue weighted by molar-refractivity contribution is -0.00000787. The number of nitrogens with zero attached hydrogens (tertiary/aromatic N) is 1. The molecule has 0 aliphatic rings. The van der Waals surface area contributed by atoms with E-state index in [1.54, 1.807) is 19.5 Å². The fourth-order valence-electron chi connectivity index (χ4n) is 2.80. The number of rotatable bonds is 9. The van der Waals surface area contributed by atoms with E-state index in [4.69, 9.17) is 21.1 Å². The molecule has 3 rings (SSSR count). The molecule has 0 aliphatic carbocycles. The maximum atomic E-state index is 10.2. The maximum Gasteiger partial charge on any atom is 0.180 e. The van der Waals surface area contributed by atoms with E-state index in [9.17, 15) is 5.11 Å². The van der Waals surface area contributed by atoms with Crippen molar-refractivity contribution in [3.8, 4) is 11.5 Å². The molecular weight excluding hydrogens is 411 g/mol. The van der Waals surface area contributed by atoms with Gasteiger partial charge in [0.25, 0.3) is 0 Å². The Morgan fingerprint density at radius 2 is 1.90 bits per heavy atom. The lowest BCUT2D eigenvalue weighted by Gasteiger charge is -2.16. The summed E-state index contributed by atoms with van der Waals surface area (Å²) in [6, 6.07) is 17.1. The molecule has 2 aromatic carbocycles. The summed E-state index contributed by atoms with van der Waals surface area (Å²) >= 11 is 6.42. The van der Waals surface area contributed by atoms with Gasteiger partial charge in [0, 0.05) is 31.0 Å². The molecule has 1 atom stereocenters. The molecule has 154 valence electrons. The summed E-state index contributed by atoms with van der Waals surface area (Å²) in [4.78, 5) is 4.07. The van der Waals surface area contributed by atoms with Crippen LogP contribution in [0.25, 0.3) is 0 Å². The molecule has 0 spiro atoms. The van der Waals surface area contributed by atoms with Gasteiger partial charge in [0.05, 0.1) is 18.2 Å². The molecule has 7 heteroatoms. The molecule has 2 N–H and O–H groups in total. The maximum absolute atomic E-state index is 10.2. The number of ether oxygens (including phenoxy) is 2. The summed E-state index contributed by atoms with van der Waals surface area (Å²) in [5, 5.41) is 14.0. The van der Waals surface area contributed by atoms with Gasteiger partial charge in [-0.25, -0.2) is 0 Å². The highest BCUT2D eigenvalue weighted by atomic mass is 35.5. The number of hydrogen-bond donors (Lipinski definition) is 2. The van der Waals surface area contributed by atoms with Crippen molar-refractivity contribution in [2.24, 2.45) is 0 Å². The number of benzene rings is 2. The van der Waals surface area contributed by atoms with Crippen LogP contribution in [0, 0.1) is 0 Å². The second-order valence-electron chi connectivity index (χ2n) is 6.32. The third kappa shape index (κ3) is 6.61. The molecule has 0 aliphatic heterocycles. The standard InChI is InChI=1S/C22H23ClN2O3.ClH/c1-27-21-11-17(13-25-14-20(26)18-7-3-2-4-8-18)10-19(23)22(21)28-15-16-6-5-9-24-12-16;/h2-12,20,25-26H,13-15H2,1H3;1H/p-1. The number of aromatic nitrogens is 1. The summed E-state index contributed by atoms with van der Waals surface area (Å²) in [6.07, 6.45) is 2.89. The Balaban J connectivity index is 0.00000300. The summed E-state index contributed by atoms with van der Waals surface area (Å²) in [7, 11) is 1.58. The molecule has 0 radical (unpaired) electrons. The van der Waals surface area contributed by atoms with Gasteiger partial charge in [0.15, 0.2) is 11.5 Å². The van der Waals surface area contributed by atoms with Crippen molar-refractivity contribution in [1.29, 1.82) is 0 Å². The third-order valence-corrected chi connectivity index (χ3v) is 4.53. The number of aliphatic hydroxyl groups is 1. The lowest BCUT2D eigenvalue weighted by Crippen LogP contribution is -3.00. The quantitative estimate of drug-likeness (QED) is 0.529. The molecule has 3 aromatic rings. The molecule has 1 heterocycles. The molecule has 0 saturated carbocycles. The number of aliphatic hydroxyl groups excluding tert-OH is 1. The Morgan fingerprint density at radius 3 is 2.59 bits per heavy atom. The number of pyridine rings is 1. The summed E-state index contributed by atoms with van der Waals surface area (Å²) < 4.78 is 11.3. The van der Waals surface area contributed by atoms with Gasteiger partial charge in [-0.3, -0.25) is 4.98 Å². The van der Waals surface area contributed by atoms with Crippen molar-refractivity contribution in [2.45, 2.75) is 19.3 Å². The van der Waals surface area contributed by atoms with E-state index in [0.717, 1.165) is 16.7 Å². The molecule has 0 saturated heterocycles. The number of halogens is 2. The molecule has 5 nitrogen and oxygen atoms in total. The molecule has 0 fully saturated rings. The Bertz CT molecular complexity index is 880. The zero-order valence-electron chi connectivity index (χ0n) is 16.0. The minimum Gasteiger partial charge on any atom is -1.00 e. The van der Waals surface area contributed by atoms with Crippen LogP contribution in [0.2, 0.25) is 5.02 Å². The SMILES string of the molecule is COc1cc(CNCC(O)c2ccccc2)cc(Cl)c1OCc1cccnc1.[Cl-]. The van der Waals surface area contributed by atoms with Crippen molar-refractivity contribution < 1.29 is 27.0 Å². The minimum atomic E-state index is -0.569. The fourth-order valence-corrected chi connectivity index (χ4v) is 3.09. The molecule has 0 bridgehead atoms.